The predicted octanol–water partition coefficient (Wildman–Crippen LogP) is 3.80. The summed E-state index contributed by atoms with van der Waals surface area (Å²) in [6, 6.07) is 3.04. The lowest BCUT2D eigenvalue weighted by atomic mass is 10.3. The Morgan fingerprint density at radius 1 is 0.929 bits per heavy atom. The molecule has 28 heavy (non-hydrogen) atoms. The number of hydrogen-bond acceptors (Lipinski definition) is 6. The van der Waals surface area contributed by atoms with Crippen LogP contribution in [0.2, 0.25) is 0 Å². The number of hydrogen-bond donors (Lipinski definition) is 0. The number of aryl methyl sites for hydroxylation is 4. The topological polar surface area (TPSA) is 122 Å². The Bertz CT molecular complexity index is 850. The lowest BCUT2D eigenvalue weighted by molar-refractivity contribution is -0.392. The number of rotatable bonds is 8. The monoisotopic (exact) mass is 390 g/mol. The van der Waals surface area contributed by atoms with Crippen molar-refractivity contribution in [3.8, 4) is 0 Å². The molecule has 0 aliphatic heterocycles. The lowest BCUT2D eigenvalue weighted by Gasteiger charge is -1.97. The number of nitro groups is 2. The Morgan fingerprint density at radius 2 is 1.50 bits per heavy atom. The molecular weight excluding hydrogens is 364 g/mol. The van der Waals surface area contributed by atoms with E-state index in [-0.39, 0.29) is 16.6 Å². The van der Waals surface area contributed by atoms with Gasteiger partial charge in [0.1, 0.15) is 6.54 Å². The second-order valence-electron chi connectivity index (χ2n) is 7.71. The van der Waals surface area contributed by atoms with Gasteiger partial charge in [0.2, 0.25) is 0 Å². The Hall–Kier alpha value is -2.78. The van der Waals surface area contributed by atoms with Crippen LogP contribution in [-0.4, -0.2) is 29.4 Å². The summed E-state index contributed by atoms with van der Waals surface area (Å²) in [5.74, 6) is 1.68. The molecule has 0 bridgehead atoms. The van der Waals surface area contributed by atoms with Gasteiger partial charge in [0.05, 0.1) is 35.2 Å². The molecule has 2 saturated carbocycles. The number of aromatic nitrogens is 4. The standard InChI is InChI=1S/2C9H13N3O2/c1-7-6-9(12(13)14)10-11(7)5-4-8-2-3-8;1-7-6-9(12(13)14)11(10-7)5-4-8-2-3-8/h2*6,8H,2-5H2,1H3. The summed E-state index contributed by atoms with van der Waals surface area (Å²) in [5.41, 5.74) is 1.59. The van der Waals surface area contributed by atoms with E-state index >= 15 is 0 Å². The molecule has 2 aromatic rings. The molecule has 2 aliphatic carbocycles. The zero-order valence-electron chi connectivity index (χ0n) is 16.3. The molecule has 10 nitrogen and oxygen atoms in total. The van der Waals surface area contributed by atoms with Gasteiger partial charge in [-0.1, -0.05) is 30.8 Å². The summed E-state index contributed by atoms with van der Waals surface area (Å²) in [4.78, 5) is 20.3. The van der Waals surface area contributed by atoms with Crippen molar-refractivity contribution in [2.45, 2.75) is 65.5 Å². The Labute approximate surface area is 162 Å². The maximum Gasteiger partial charge on any atom is 0.390 e. The maximum atomic E-state index is 10.6. The Morgan fingerprint density at radius 3 is 1.96 bits per heavy atom. The van der Waals surface area contributed by atoms with Crippen molar-refractivity contribution in [3.05, 3.63) is 43.7 Å². The van der Waals surface area contributed by atoms with Crippen LogP contribution in [0.25, 0.3) is 0 Å². The van der Waals surface area contributed by atoms with Gasteiger partial charge in [0.15, 0.2) is 0 Å². The van der Waals surface area contributed by atoms with Gasteiger partial charge in [-0.3, -0.25) is 0 Å². The van der Waals surface area contributed by atoms with Crippen molar-refractivity contribution < 1.29 is 9.85 Å². The molecule has 152 valence electrons. The number of nitrogens with zero attached hydrogens (tertiary/aromatic N) is 6. The molecule has 2 aliphatic rings. The highest BCUT2D eigenvalue weighted by atomic mass is 16.6. The summed E-state index contributed by atoms with van der Waals surface area (Å²) >= 11 is 0. The molecule has 2 fully saturated rings. The second-order valence-corrected chi connectivity index (χ2v) is 7.71. The fraction of sp³-hybridized carbons (Fsp3) is 0.667. The highest BCUT2D eigenvalue weighted by Gasteiger charge is 2.24. The molecule has 0 spiro atoms. The quantitative estimate of drug-likeness (QED) is 0.499. The van der Waals surface area contributed by atoms with E-state index in [0.717, 1.165) is 36.9 Å². The van der Waals surface area contributed by atoms with Crippen molar-refractivity contribution in [1.82, 2.24) is 19.6 Å². The van der Waals surface area contributed by atoms with Crippen molar-refractivity contribution >= 4 is 11.6 Å². The summed E-state index contributed by atoms with van der Waals surface area (Å²) in [6.45, 7) is 5.12. The van der Waals surface area contributed by atoms with Gasteiger partial charge < -0.3 is 20.2 Å². The molecule has 0 saturated heterocycles. The van der Waals surface area contributed by atoms with Crippen molar-refractivity contribution in [1.29, 1.82) is 0 Å². The average molecular weight is 390 g/mol. The van der Waals surface area contributed by atoms with Gasteiger partial charge in [-0.25, -0.2) is 0 Å². The molecule has 0 unspecified atom stereocenters. The third-order valence-electron chi connectivity index (χ3n) is 5.12. The minimum atomic E-state index is -0.444. The van der Waals surface area contributed by atoms with E-state index in [1.807, 2.05) is 6.92 Å². The zero-order chi connectivity index (χ0) is 20.3. The molecule has 10 heteroatoms. The van der Waals surface area contributed by atoms with Crippen LogP contribution in [0.4, 0.5) is 11.6 Å². The molecule has 0 radical (unpaired) electrons. The van der Waals surface area contributed by atoms with E-state index in [2.05, 4.69) is 10.2 Å². The molecular formula is C18H26N6O4. The fourth-order valence-electron chi connectivity index (χ4n) is 3.07. The first-order chi connectivity index (χ1) is 13.3. The molecule has 0 amide bonds. The van der Waals surface area contributed by atoms with Crippen LogP contribution in [0, 0.1) is 45.9 Å². The van der Waals surface area contributed by atoms with Crippen molar-refractivity contribution in [2.75, 3.05) is 0 Å². The summed E-state index contributed by atoms with van der Waals surface area (Å²) in [5, 5.41) is 29.1. The SMILES string of the molecule is Cc1cc([N+](=O)[O-])n(CCC2CC2)n1.Cc1cc([N+](=O)[O-])nn1CCC1CC1. The van der Waals surface area contributed by atoms with Gasteiger partial charge >= 0.3 is 11.6 Å². The minimum Gasteiger partial charge on any atom is -0.358 e. The summed E-state index contributed by atoms with van der Waals surface area (Å²) in [7, 11) is 0. The molecule has 4 rings (SSSR count). The molecule has 0 atom stereocenters. The third-order valence-corrected chi connectivity index (χ3v) is 5.12. The predicted molar refractivity (Wildman–Crippen MR) is 102 cm³/mol. The van der Waals surface area contributed by atoms with E-state index in [4.69, 9.17) is 0 Å². The van der Waals surface area contributed by atoms with Gasteiger partial charge in [-0.15, -0.1) is 4.68 Å². The molecule has 2 heterocycles. The average Bonchev–Trinajstić information content (AvgIpc) is 3.55. The van der Waals surface area contributed by atoms with Crippen LogP contribution < -0.4 is 0 Å². The maximum absolute atomic E-state index is 10.6. The highest BCUT2D eigenvalue weighted by molar-refractivity contribution is 5.22. The lowest BCUT2D eigenvalue weighted by Crippen LogP contribution is -2.05. The first-order valence-corrected chi connectivity index (χ1v) is 9.71. The minimum absolute atomic E-state index is 0.0432. The normalized spacial score (nSPS) is 15.8. The van der Waals surface area contributed by atoms with Crippen LogP contribution in [0.3, 0.4) is 0 Å². The summed E-state index contributed by atoms with van der Waals surface area (Å²) in [6.07, 6.45) is 7.27. The zero-order valence-corrected chi connectivity index (χ0v) is 16.3. The Balaban J connectivity index is 0.000000161. The summed E-state index contributed by atoms with van der Waals surface area (Å²) < 4.78 is 3.24. The smallest absolute Gasteiger partial charge is 0.358 e. The largest absolute Gasteiger partial charge is 0.390 e. The van der Waals surface area contributed by atoms with Gasteiger partial charge in [0.25, 0.3) is 0 Å². The van der Waals surface area contributed by atoms with Gasteiger partial charge in [0, 0.05) is 0 Å². The van der Waals surface area contributed by atoms with E-state index in [0.29, 0.717) is 12.2 Å². The molecule has 0 N–H and O–H groups in total. The second kappa shape index (κ2) is 8.49. The van der Waals surface area contributed by atoms with E-state index in [1.165, 1.54) is 42.5 Å². The first-order valence-electron chi connectivity index (χ1n) is 9.71. The fourth-order valence-corrected chi connectivity index (χ4v) is 3.07. The van der Waals surface area contributed by atoms with Gasteiger partial charge in [-0.2, -0.15) is 4.68 Å². The molecule has 2 aromatic heterocycles. The van der Waals surface area contributed by atoms with E-state index in [9.17, 15) is 20.2 Å². The van der Waals surface area contributed by atoms with E-state index in [1.54, 1.807) is 11.6 Å². The van der Waals surface area contributed by atoms with Crippen LogP contribution in [0.5, 0.6) is 0 Å². The highest BCUT2D eigenvalue weighted by Crippen LogP contribution is 2.33. The van der Waals surface area contributed by atoms with Gasteiger partial charge in [-0.05, 0) is 48.4 Å². The first kappa shape index (κ1) is 20.0. The van der Waals surface area contributed by atoms with Crippen LogP contribution in [-0.2, 0) is 13.1 Å². The van der Waals surface area contributed by atoms with Crippen LogP contribution in [0.15, 0.2) is 12.1 Å². The third kappa shape index (κ3) is 5.61. The van der Waals surface area contributed by atoms with Crippen molar-refractivity contribution in [2.24, 2.45) is 11.8 Å². The Kier molecular flexibility index (Phi) is 6.05. The molecule has 0 aromatic carbocycles. The van der Waals surface area contributed by atoms with E-state index < -0.39 is 4.92 Å². The van der Waals surface area contributed by atoms with Crippen LogP contribution >= 0.6 is 0 Å². The van der Waals surface area contributed by atoms with Crippen molar-refractivity contribution in [3.63, 3.8) is 0 Å². The van der Waals surface area contributed by atoms with Crippen LogP contribution in [0.1, 0.15) is 49.9 Å².